The van der Waals surface area contributed by atoms with Gasteiger partial charge in [-0.2, -0.15) is 4.98 Å². The van der Waals surface area contributed by atoms with Crippen molar-refractivity contribution in [3.05, 3.63) is 41.6 Å². The molecule has 5 heteroatoms. The Morgan fingerprint density at radius 3 is 2.29 bits per heavy atom. The lowest BCUT2D eigenvalue weighted by Gasteiger charge is -2.06. The lowest BCUT2D eigenvalue weighted by molar-refractivity contribution is 1.12. The number of hydrogen-bond donors (Lipinski definition) is 2. The van der Waals surface area contributed by atoms with Crippen LogP contribution >= 0.6 is 12.4 Å². The van der Waals surface area contributed by atoms with Gasteiger partial charge in [0.05, 0.1) is 0 Å². The number of aryl methyl sites for hydroxylation is 2. The van der Waals surface area contributed by atoms with E-state index in [4.69, 9.17) is 5.73 Å². The molecule has 4 nitrogen and oxygen atoms in total. The van der Waals surface area contributed by atoms with E-state index in [9.17, 15) is 0 Å². The fourth-order valence-electron chi connectivity index (χ4n) is 1.44. The summed E-state index contributed by atoms with van der Waals surface area (Å²) in [6.45, 7) is 3.94. The minimum absolute atomic E-state index is 0. The van der Waals surface area contributed by atoms with Gasteiger partial charge in [0.15, 0.2) is 0 Å². The number of hydrogen-bond acceptors (Lipinski definition) is 4. The molecule has 0 radical (unpaired) electrons. The third-order valence-corrected chi connectivity index (χ3v) is 2.20. The molecule has 0 aliphatic heterocycles. The summed E-state index contributed by atoms with van der Waals surface area (Å²) in [6.07, 6.45) is 0. The Morgan fingerprint density at radius 1 is 1.06 bits per heavy atom. The zero-order chi connectivity index (χ0) is 11.5. The SMILES string of the molecule is Cc1ccc(Nc2cc(C)nc(N)n2)cc1.Cl. The molecule has 1 aromatic heterocycles. The highest BCUT2D eigenvalue weighted by molar-refractivity contribution is 5.85. The van der Waals surface area contributed by atoms with Crippen molar-refractivity contribution in [2.24, 2.45) is 0 Å². The largest absolute Gasteiger partial charge is 0.368 e. The Hall–Kier alpha value is -1.81. The maximum absolute atomic E-state index is 5.57. The first-order valence-corrected chi connectivity index (χ1v) is 5.08. The van der Waals surface area contributed by atoms with Crippen molar-refractivity contribution in [2.45, 2.75) is 13.8 Å². The smallest absolute Gasteiger partial charge is 0.222 e. The molecule has 0 bridgehead atoms. The zero-order valence-corrected chi connectivity index (χ0v) is 10.6. The molecule has 1 heterocycles. The first-order valence-electron chi connectivity index (χ1n) is 5.08. The summed E-state index contributed by atoms with van der Waals surface area (Å²) >= 11 is 0. The molecular formula is C12H15ClN4. The van der Waals surface area contributed by atoms with Crippen LogP contribution in [0.25, 0.3) is 0 Å². The monoisotopic (exact) mass is 250 g/mol. The predicted octanol–water partition coefficient (Wildman–Crippen LogP) is 2.84. The van der Waals surface area contributed by atoms with Crippen LogP contribution in [-0.4, -0.2) is 9.97 Å². The molecule has 0 amide bonds. The zero-order valence-electron chi connectivity index (χ0n) is 9.77. The van der Waals surface area contributed by atoms with Crippen LogP contribution in [0.4, 0.5) is 17.5 Å². The Bertz CT molecular complexity index is 476. The Morgan fingerprint density at radius 2 is 1.71 bits per heavy atom. The van der Waals surface area contributed by atoms with Gasteiger partial charge < -0.3 is 11.1 Å². The van der Waals surface area contributed by atoms with Crippen LogP contribution in [-0.2, 0) is 0 Å². The van der Waals surface area contributed by atoms with Crippen molar-refractivity contribution in [1.29, 1.82) is 0 Å². The van der Waals surface area contributed by atoms with E-state index in [1.165, 1.54) is 5.56 Å². The van der Waals surface area contributed by atoms with E-state index in [1.807, 2.05) is 37.3 Å². The molecule has 0 saturated carbocycles. The van der Waals surface area contributed by atoms with Gasteiger partial charge >= 0.3 is 0 Å². The van der Waals surface area contributed by atoms with E-state index in [0.717, 1.165) is 11.4 Å². The first-order chi connectivity index (χ1) is 7.63. The number of anilines is 3. The normalized spacial score (nSPS) is 9.53. The lowest BCUT2D eigenvalue weighted by Crippen LogP contribution is -2.01. The van der Waals surface area contributed by atoms with E-state index in [1.54, 1.807) is 0 Å². The third-order valence-electron chi connectivity index (χ3n) is 2.20. The van der Waals surface area contributed by atoms with Gasteiger partial charge in [-0.15, -0.1) is 12.4 Å². The van der Waals surface area contributed by atoms with Crippen molar-refractivity contribution in [3.8, 4) is 0 Å². The maximum atomic E-state index is 5.57. The van der Waals surface area contributed by atoms with Crippen LogP contribution in [0.1, 0.15) is 11.3 Å². The van der Waals surface area contributed by atoms with Crippen LogP contribution in [0.5, 0.6) is 0 Å². The molecule has 0 aliphatic rings. The van der Waals surface area contributed by atoms with Crippen LogP contribution in [0, 0.1) is 13.8 Å². The number of nitrogens with zero attached hydrogens (tertiary/aromatic N) is 2. The van der Waals surface area contributed by atoms with Gasteiger partial charge in [0.1, 0.15) is 5.82 Å². The highest BCUT2D eigenvalue weighted by Crippen LogP contribution is 2.16. The summed E-state index contributed by atoms with van der Waals surface area (Å²) in [5.74, 6) is 1.00. The second kappa shape index (κ2) is 5.50. The Kier molecular flexibility index (Phi) is 4.29. The standard InChI is InChI=1S/C12H14N4.ClH/c1-8-3-5-10(6-4-8)15-11-7-9(2)14-12(13)16-11;/h3-7H,1-2H3,(H3,13,14,15,16);1H. The summed E-state index contributed by atoms with van der Waals surface area (Å²) in [5, 5.41) is 3.18. The molecule has 1 aromatic carbocycles. The van der Waals surface area contributed by atoms with Crippen molar-refractivity contribution in [3.63, 3.8) is 0 Å². The van der Waals surface area contributed by atoms with E-state index in [0.29, 0.717) is 5.82 Å². The quantitative estimate of drug-likeness (QED) is 0.860. The average molecular weight is 251 g/mol. The van der Waals surface area contributed by atoms with Gasteiger partial charge in [-0.3, -0.25) is 0 Å². The minimum Gasteiger partial charge on any atom is -0.368 e. The molecule has 0 saturated heterocycles. The number of benzene rings is 1. The van der Waals surface area contributed by atoms with Crippen molar-refractivity contribution >= 4 is 29.9 Å². The predicted molar refractivity (Wildman–Crippen MR) is 72.9 cm³/mol. The molecule has 0 atom stereocenters. The molecule has 2 aromatic rings. The molecule has 0 spiro atoms. The lowest BCUT2D eigenvalue weighted by atomic mass is 10.2. The van der Waals surface area contributed by atoms with Gasteiger partial charge in [-0.1, -0.05) is 17.7 Å². The van der Waals surface area contributed by atoms with Crippen LogP contribution in [0.3, 0.4) is 0 Å². The van der Waals surface area contributed by atoms with Crippen LogP contribution in [0.15, 0.2) is 30.3 Å². The maximum Gasteiger partial charge on any atom is 0.222 e. The minimum atomic E-state index is 0. The summed E-state index contributed by atoms with van der Waals surface area (Å²) in [4.78, 5) is 8.12. The molecule has 90 valence electrons. The number of nitrogen functional groups attached to an aromatic ring is 1. The van der Waals surface area contributed by atoms with Gasteiger partial charge in [-0.05, 0) is 26.0 Å². The Labute approximate surface area is 107 Å². The van der Waals surface area contributed by atoms with Crippen molar-refractivity contribution in [1.82, 2.24) is 9.97 Å². The topological polar surface area (TPSA) is 63.8 Å². The summed E-state index contributed by atoms with van der Waals surface area (Å²) in [7, 11) is 0. The first kappa shape index (κ1) is 13.3. The van der Waals surface area contributed by atoms with Gasteiger partial charge in [0, 0.05) is 17.4 Å². The second-order valence-electron chi connectivity index (χ2n) is 3.74. The van der Waals surface area contributed by atoms with Gasteiger partial charge in [-0.25, -0.2) is 4.98 Å². The van der Waals surface area contributed by atoms with Gasteiger partial charge in [0.25, 0.3) is 0 Å². The fraction of sp³-hybridized carbons (Fsp3) is 0.167. The van der Waals surface area contributed by atoms with Crippen LogP contribution < -0.4 is 11.1 Å². The third kappa shape index (κ3) is 3.60. The number of rotatable bonds is 2. The fourth-order valence-corrected chi connectivity index (χ4v) is 1.44. The van der Waals surface area contributed by atoms with E-state index in [-0.39, 0.29) is 18.4 Å². The second-order valence-corrected chi connectivity index (χ2v) is 3.74. The molecule has 0 fully saturated rings. The summed E-state index contributed by atoms with van der Waals surface area (Å²) in [5.41, 5.74) is 8.64. The highest BCUT2D eigenvalue weighted by Gasteiger charge is 1.99. The molecule has 3 N–H and O–H groups in total. The summed E-state index contributed by atoms with van der Waals surface area (Å²) < 4.78 is 0. The van der Waals surface area contributed by atoms with Gasteiger partial charge in [0.2, 0.25) is 5.95 Å². The summed E-state index contributed by atoms with van der Waals surface area (Å²) in [6, 6.07) is 9.95. The Balaban J connectivity index is 0.00000144. The molecule has 17 heavy (non-hydrogen) atoms. The highest BCUT2D eigenvalue weighted by atomic mass is 35.5. The number of halogens is 1. The average Bonchev–Trinajstić information content (AvgIpc) is 2.20. The van der Waals surface area contributed by atoms with Crippen molar-refractivity contribution < 1.29 is 0 Å². The molecular weight excluding hydrogens is 236 g/mol. The van der Waals surface area contributed by atoms with E-state index in [2.05, 4.69) is 22.2 Å². The molecule has 0 unspecified atom stereocenters. The number of nitrogens with one attached hydrogen (secondary N) is 1. The number of aromatic nitrogens is 2. The van der Waals surface area contributed by atoms with Crippen molar-refractivity contribution in [2.75, 3.05) is 11.1 Å². The van der Waals surface area contributed by atoms with Crippen LogP contribution in [0.2, 0.25) is 0 Å². The number of nitrogens with two attached hydrogens (primary N) is 1. The van der Waals surface area contributed by atoms with E-state index < -0.39 is 0 Å². The molecule has 2 rings (SSSR count). The van der Waals surface area contributed by atoms with E-state index >= 15 is 0 Å². The molecule has 0 aliphatic carbocycles.